The van der Waals surface area contributed by atoms with Crippen LogP contribution in [-0.2, 0) is 20.6 Å². The molecule has 0 amide bonds. The third kappa shape index (κ3) is 3.26. The average molecular weight is 332 g/mol. The van der Waals surface area contributed by atoms with E-state index >= 15 is 0 Å². The third-order valence-corrected chi connectivity index (χ3v) is 6.32. The molecule has 1 saturated heterocycles. The van der Waals surface area contributed by atoms with Crippen molar-refractivity contribution in [2.45, 2.75) is 50.6 Å². The molecule has 2 unspecified atom stereocenters. The Morgan fingerprint density at radius 1 is 1.29 bits per heavy atom. The lowest BCUT2D eigenvalue weighted by molar-refractivity contribution is -0.0170. The van der Waals surface area contributed by atoms with Crippen LogP contribution in [-0.4, -0.2) is 38.0 Å². The van der Waals surface area contributed by atoms with Crippen LogP contribution in [0.5, 0.6) is 0 Å². The van der Waals surface area contributed by atoms with E-state index in [1.807, 2.05) is 33.8 Å². The van der Waals surface area contributed by atoms with Gasteiger partial charge in [-0.15, -0.1) is 11.6 Å². The van der Waals surface area contributed by atoms with Gasteiger partial charge in [0.2, 0.25) is 10.0 Å². The van der Waals surface area contributed by atoms with Crippen LogP contribution in [0.4, 0.5) is 0 Å². The summed E-state index contributed by atoms with van der Waals surface area (Å²) in [5.74, 6) is 0.309. The Morgan fingerprint density at radius 3 is 2.57 bits per heavy atom. The van der Waals surface area contributed by atoms with Crippen molar-refractivity contribution < 1.29 is 13.2 Å². The lowest BCUT2D eigenvalue weighted by atomic mass is 10.1. The van der Waals surface area contributed by atoms with E-state index in [2.05, 4.69) is 0 Å². The van der Waals surface area contributed by atoms with Crippen molar-refractivity contribution >= 4 is 21.6 Å². The monoisotopic (exact) mass is 331 g/mol. The quantitative estimate of drug-likeness (QED) is 0.800. The Labute approximate surface area is 132 Å². The molecule has 0 spiro atoms. The summed E-state index contributed by atoms with van der Waals surface area (Å²) in [6.07, 6.45) is -0.0887. The summed E-state index contributed by atoms with van der Waals surface area (Å²) >= 11 is 5.92. The van der Waals surface area contributed by atoms with Gasteiger partial charge in [0.15, 0.2) is 0 Å². The highest BCUT2D eigenvalue weighted by Gasteiger charge is 2.35. The minimum atomic E-state index is -3.53. The Kier molecular flexibility index (Phi) is 4.98. The van der Waals surface area contributed by atoms with Gasteiger partial charge in [-0.1, -0.05) is 6.07 Å². The molecule has 0 aromatic heterocycles. The van der Waals surface area contributed by atoms with Gasteiger partial charge in [-0.25, -0.2) is 8.42 Å². The van der Waals surface area contributed by atoms with Crippen LogP contribution in [0.3, 0.4) is 0 Å². The molecule has 0 saturated carbocycles. The smallest absolute Gasteiger partial charge is 0.243 e. The maximum atomic E-state index is 13.0. The molecule has 1 aliphatic rings. The Bertz CT molecular complexity index is 630. The summed E-state index contributed by atoms with van der Waals surface area (Å²) in [7, 11) is -3.53. The summed E-state index contributed by atoms with van der Waals surface area (Å²) < 4.78 is 33.0. The van der Waals surface area contributed by atoms with Crippen LogP contribution in [0.1, 0.15) is 30.5 Å². The number of hydrogen-bond donors (Lipinski definition) is 0. The maximum Gasteiger partial charge on any atom is 0.243 e. The summed E-state index contributed by atoms with van der Waals surface area (Å²) in [5, 5.41) is 0. The number of rotatable bonds is 3. The Balaban J connectivity index is 2.48. The molecule has 0 bridgehead atoms. The first-order valence-corrected chi connectivity index (χ1v) is 9.04. The van der Waals surface area contributed by atoms with E-state index in [4.69, 9.17) is 16.3 Å². The van der Waals surface area contributed by atoms with Crippen molar-refractivity contribution in [2.75, 3.05) is 13.2 Å². The van der Waals surface area contributed by atoms with Crippen molar-refractivity contribution in [3.63, 3.8) is 0 Å². The highest BCUT2D eigenvalue weighted by Crippen LogP contribution is 2.27. The normalized spacial score (nSPS) is 24.2. The number of ether oxygens (including phenoxy) is 1. The summed E-state index contributed by atoms with van der Waals surface area (Å²) in [5.41, 5.74) is 2.63. The van der Waals surface area contributed by atoms with Gasteiger partial charge in [-0.05, 0) is 50.5 Å². The predicted molar refractivity (Wildman–Crippen MR) is 84.2 cm³/mol. The SMILES string of the molecule is Cc1cc(C)c(S(=O)(=O)N2CC(C)OCC2C)cc1CCl. The fourth-order valence-electron chi connectivity index (χ4n) is 2.63. The zero-order valence-corrected chi connectivity index (χ0v) is 14.5. The molecule has 118 valence electrons. The first-order chi connectivity index (χ1) is 9.77. The van der Waals surface area contributed by atoms with Crippen molar-refractivity contribution in [2.24, 2.45) is 0 Å². The number of aryl methyl sites for hydroxylation is 2. The second-order valence-electron chi connectivity index (χ2n) is 5.75. The number of sulfonamides is 1. The fraction of sp³-hybridized carbons (Fsp3) is 0.600. The Hall–Kier alpha value is -0.620. The molecule has 0 N–H and O–H groups in total. The van der Waals surface area contributed by atoms with Gasteiger partial charge in [0.1, 0.15) is 0 Å². The number of benzene rings is 1. The molecule has 21 heavy (non-hydrogen) atoms. The molecular weight excluding hydrogens is 310 g/mol. The molecule has 2 rings (SSSR count). The average Bonchev–Trinajstić information content (AvgIpc) is 2.41. The maximum absolute atomic E-state index is 13.0. The molecule has 0 aliphatic carbocycles. The van der Waals surface area contributed by atoms with Crippen molar-refractivity contribution in [3.8, 4) is 0 Å². The second-order valence-corrected chi connectivity index (χ2v) is 7.87. The van der Waals surface area contributed by atoms with Crippen molar-refractivity contribution in [3.05, 3.63) is 28.8 Å². The van der Waals surface area contributed by atoms with E-state index in [9.17, 15) is 8.42 Å². The van der Waals surface area contributed by atoms with Crippen LogP contribution >= 0.6 is 11.6 Å². The first kappa shape index (κ1) is 16.7. The number of hydrogen-bond acceptors (Lipinski definition) is 3. The standard InChI is InChI=1S/C15H22ClNO3S/c1-10-5-11(2)15(6-14(10)7-16)21(18,19)17-8-13(4)20-9-12(17)3/h5-6,12-13H,7-9H2,1-4H3. The van der Waals surface area contributed by atoms with E-state index < -0.39 is 10.0 Å². The largest absolute Gasteiger partial charge is 0.375 e. The Morgan fingerprint density at radius 2 is 1.95 bits per heavy atom. The highest BCUT2D eigenvalue weighted by atomic mass is 35.5. The summed E-state index contributed by atoms with van der Waals surface area (Å²) in [6, 6.07) is 3.44. The van der Waals surface area contributed by atoms with Gasteiger partial charge < -0.3 is 4.74 Å². The van der Waals surface area contributed by atoms with Gasteiger partial charge in [0.05, 0.1) is 17.6 Å². The number of alkyl halides is 1. The number of halogens is 1. The van der Waals surface area contributed by atoms with Crippen LogP contribution in [0.15, 0.2) is 17.0 Å². The van der Waals surface area contributed by atoms with Gasteiger partial charge in [-0.3, -0.25) is 0 Å². The minimum absolute atomic E-state index is 0.0887. The molecule has 2 atom stereocenters. The zero-order chi connectivity index (χ0) is 15.8. The van der Waals surface area contributed by atoms with Gasteiger partial charge in [0.25, 0.3) is 0 Å². The molecule has 6 heteroatoms. The van der Waals surface area contributed by atoms with Crippen LogP contribution in [0.2, 0.25) is 0 Å². The molecule has 1 heterocycles. The van der Waals surface area contributed by atoms with Gasteiger partial charge in [-0.2, -0.15) is 4.31 Å². The summed E-state index contributed by atoms with van der Waals surface area (Å²) in [6.45, 7) is 8.34. The highest BCUT2D eigenvalue weighted by molar-refractivity contribution is 7.89. The van der Waals surface area contributed by atoms with Crippen LogP contribution in [0.25, 0.3) is 0 Å². The topological polar surface area (TPSA) is 46.6 Å². The molecule has 1 aromatic carbocycles. The van der Waals surface area contributed by atoms with E-state index in [1.165, 1.54) is 4.31 Å². The predicted octanol–water partition coefficient (Wildman–Crippen LogP) is 2.84. The van der Waals surface area contributed by atoms with Crippen molar-refractivity contribution in [1.82, 2.24) is 4.31 Å². The van der Waals surface area contributed by atoms with E-state index in [1.54, 1.807) is 6.07 Å². The van der Waals surface area contributed by atoms with E-state index in [0.717, 1.165) is 16.7 Å². The number of nitrogens with zero attached hydrogens (tertiary/aromatic N) is 1. The fourth-order valence-corrected chi connectivity index (χ4v) is 4.87. The van der Waals surface area contributed by atoms with Gasteiger partial charge >= 0.3 is 0 Å². The van der Waals surface area contributed by atoms with Crippen LogP contribution < -0.4 is 0 Å². The van der Waals surface area contributed by atoms with E-state index in [-0.39, 0.29) is 12.1 Å². The van der Waals surface area contributed by atoms with E-state index in [0.29, 0.717) is 23.9 Å². The lowest BCUT2D eigenvalue weighted by Crippen LogP contribution is -2.50. The van der Waals surface area contributed by atoms with Gasteiger partial charge in [0, 0.05) is 18.5 Å². The molecule has 0 radical (unpaired) electrons. The third-order valence-electron chi connectivity index (χ3n) is 3.91. The zero-order valence-electron chi connectivity index (χ0n) is 12.9. The second kappa shape index (κ2) is 6.24. The lowest BCUT2D eigenvalue weighted by Gasteiger charge is -2.36. The van der Waals surface area contributed by atoms with Crippen molar-refractivity contribution in [1.29, 1.82) is 0 Å². The van der Waals surface area contributed by atoms with Crippen LogP contribution in [0, 0.1) is 13.8 Å². The molecule has 1 aliphatic heterocycles. The minimum Gasteiger partial charge on any atom is -0.375 e. The molecular formula is C15H22ClNO3S. The molecule has 1 aromatic rings. The summed E-state index contributed by atoms with van der Waals surface area (Å²) in [4.78, 5) is 0.352. The molecule has 1 fully saturated rings. The molecule has 4 nitrogen and oxygen atoms in total. The first-order valence-electron chi connectivity index (χ1n) is 7.07. The number of morpholine rings is 1.